The van der Waals surface area contributed by atoms with Crippen molar-refractivity contribution < 1.29 is 19.0 Å². The Hall–Kier alpha value is -2.56. The molecule has 0 saturated carbocycles. The first-order chi connectivity index (χ1) is 9.60. The molecule has 20 heavy (non-hydrogen) atoms. The molecule has 0 spiro atoms. The van der Waals surface area contributed by atoms with E-state index in [0.29, 0.717) is 0 Å². The Kier molecular flexibility index (Phi) is 4.20. The normalized spacial score (nSPS) is 10.1. The SMILES string of the molecule is COc1ccc(CNC(=O)c2ccc(O)cc2F)cc1. The molecule has 0 bridgehead atoms. The highest BCUT2D eigenvalue weighted by atomic mass is 19.1. The van der Waals surface area contributed by atoms with Gasteiger partial charge in [-0.05, 0) is 29.8 Å². The molecule has 5 heteroatoms. The third-order valence-corrected chi connectivity index (χ3v) is 2.81. The van der Waals surface area contributed by atoms with Gasteiger partial charge in [0.15, 0.2) is 0 Å². The molecule has 4 nitrogen and oxygen atoms in total. The Bertz CT molecular complexity index is 611. The second-order valence-electron chi connectivity index (χ2n) is 4.19. The summed E-state index contributed by atoms with van der Waals surface area (Å²) in [4.78, 5) is 11.8. The second kappa shape index (κ2) is 6.06. The molecule has 0 atom stereocenters. The van der Waals surface area contributed by atoms with E-state index in [2.05, 4.69) is 5.32 Å². The Morgan fingerprint density at radius 2 is 1.95 bits per heavy atom. The standard InChI is InChI=1S/C15H14FNO3/c1-20-12-5-2-10(3-6-12)9-17-15(19)13-7-4-11(18)8-14(13)16/h2-8,18H,9H2,1H3,(H,17,19). The van der Waals surface area contributed by atoms with Crippen LogP contribution in [0.4, 0.5) is 4.39 Å². The van der Waals surface area contributed by atoms with Crippen LogP contribution in [0.5, 0.6) is 11.5 Å². The van der Waals surface area contributed by atoms with Crippen LogP contribution in [-0.4, -0.2) is 18.1 Å². The molecule has 2 rings (SSSR count). The summed E-state index contributed by atoms with van der Waals surface area (Å²) in [6.07, 6.45) is 0. The van der Waals surface area contributed by atoms with E-state index in [0.717, 1.165) is 17.4 Å². The first-order valence-corrected chi connectivity index (χ1v) is 6.00. The number of carbonyl (C=O) groups excluding carboxylic acids is 1. The molecule has 1 amide bonds. The van der Waals surface area contributed by atoms with Crippen LogP contribution >= 0.6 is 0 Å². The van der Waals surface area contributed by atoms with Gasteiger partial charge in [0.1, 0.15) is 17.3 Å². The summed E-state index contributed by atoms with van der Waals surface area (Å²) in [5.74, 6) is -0.769. The molecule has 0 unspecified atom stereocenters. The highest BCUT2D eigenvalue weighted by molar-refractivity contribution is 5.94. The van der Waals surface area contributed by atoms with Crippen molar-refractivity contribution in [3.8, 4) is 11.5 Å². The molecular weight excluding hydrogens is 261 g/mol. The number of amides is 1. The lowest BCUT2D eigenvalue weighted by Crippen LogP contribution is -2.23. The van der Waals surface area contributed by atoms with Gasteiger partial charge in [-0.25, -0.2) is 4.39 Å². The molecule has 0 aliphatic carbocycles. The van der Waals surface area contributed by atoms with E-state index in [1.165, 1.54) is 12.1 Å². The first kappa shape index (κ1) is 13.9. The van der Waals surface area contributed by atoms with Gasteiger partial charge in [-0.2, -0.15) is 0 Å². The van der Waals surface area contributed by atoms with Crippen molar-refractivity contribution in [3.63, 3.8) is 0 Å². The summed E-state index contributed by atoms with van der Waals surface area (Å²) in [5, 5.41) is 11.7. The molecule has 0 radical (unpaired) electrons. The third kappa shape index (κ3) is 3.26. The topological polar surface area (TPSA) is 58.6 Å². The van der Waals surface area contributed by atoms with Gasteiger partial charge in [0.05, 0.1) is 12.7 Å². The van der Waals surface area contributed by atoms with Crippen LogP contribution in [0.2, 0.25) is 0 Å². The summed E-state index contributed by atoms with van der Waals surface area (Å²) in [5.41, 5.74) is 0.773. The lowest BCUT2D eigenvalue weighted by Gasteiger charge is -2.07. The van der Waals surface area contributed by atoms with Crippen LogP contribution in [0.3, 0.4) is 0 Å². The van der Waals surface area contributed by atoms with E-state index in [1.807, 2.05) is 12.1 Å². The van der Waals surface area contributed by atoms with Crippen LogP contribution in [-0.2, 0) is 6.54 Å². The minimum atomic E-state index is -0.753. The molecule has 0 aliphatic rings. The van der Waals surface area contributed by atoms with Crippen molar-refractivity contribution in [3.05, 3.63) is 59.4 Å². The second-order valence-corrected chi connectivity index (χ2v) is 4.19. The maximum Gasteiger partial charge on any atom is 0.254 e. The smallest absolute Gasteiger partial charge is 0.254 e. The third-order valence-electron chi connectivity index (χ3n) is 2.81. The quantitative estimate of drug-likeness (QED) is 0.901. The van der Waals surface area contributed by atoms with Crippen LogP contribution in [0, 0.1) is 5.82 Å². The predicted octanol–water partition coefficient (Wildman–Crippen LogP) is 2.47. The minimum absolute atomic E-state index is 0.101. The number of carbonyl (C=O) groups is 1. The number of phenolic OH excluding ortho intramolecular Hbond substituents is 1. The maximum absolute atomic E-state index is 13.5. The van der Waals surface area contributed by atoms with Gasteiger partial charge < -0.3 is 15.2 Å². The number of ether oxygens (including phenoxy) is 1. The monoisotopic (exact) mass is 275 g/mol. The minimum Gasteiger partial charge on any atom is -0.508 e. The van der Waals surface area contributed by atoms with E-state index < -0.39 is 11.7 Å². The number of rotatable bonds is 4. The van der Waals surface area contributed by atoms with Gasteiger partial charge >= 0.3 is 0 Å². The Labute approximate surface area is 115 Å². The summed E-state index contributed by atoms with van der Waals surface area (Å²) >= 11 is 0. The van der Waals surface area contributed by atoms with Crippen LogP contribution in [0.1, 0.15) is 15.9 Å². The number of benzene rings is 2. The van der Waals surface area contributed by atoms with Gasteiger partial charge in [-0.1, -0.05) is 12.1 Å². The molecule has 2 aromatic rings. The van der Waals surface area contributed by atoms with Gasteiger partial charge in [0.25, 0.3) is 5.91 Å². The van der Waals surface area contributed by atoms with Gasteiger partial charge in [-0.15, -0.1) is 0 Å². The lowest BCUT2D eigenvalue weighted by atomic mass is 10.1. The van der Waals surface area contributed by atoms with Gasteiger partial charge in [-0.3, -0.25) is 4.79 Å². The van der Waals surface area contributed by atoms with Crippen molar-refractivity contribution >= 4 is 5.91 Å². The molecule has 104 valence electrons. The lowest BCUT2D eigenvalue weighted by molar-refractivity contribution is 0.0947. The molecule has 0 fully saturated rings. The van der Waals surface area contributed by atoms with Crippen molar-refractivity contribution in [1.82, 2.24) is 5.32 Å². The fraction of sp³-hybridized carbons (Fsp3) is 0.133. The van der Waals surface area contributed by atoms with Gasteiger partial charge in [0.2, 0.25) is 0 Å². The Morgan fingerprint density at radius 3 is 2.55 bits per heavy atom. The number of hydrogen-bond donors (Lipinski definition) is 2. The summed E-state index contributed by atoms with van der Waals surface area (Å²) in [6, 6.07) is 10.6. The van der Waals surface area contributed by atoms with Crippen molar-refractivity contribution in [2.24, 2.45) is 0 Å². The zero-order chi connectivity index (χ0) is 14.5. The van der Waals surface area contributed by atoms with E-state index in [1.54, 1.807) is 19.2 Å². The maximum atomic E-state index is 13.5. The van der Waals surface area contributed by atoms with Gasteiger partial charge in [0, 0.05) is 12.6 Å². The number of phenols is 1. The highest BCUT2D eigenvalue weighted by Crippen LogP contribution is 2.15. The van der Waals surface area contributed by atoms with E-state index in [-0.39, 0.29) is 17.9 Å². The molecule has 0 heterocycles. The fourth-order valence-corrected chi connectivity index (χ4v) is 1.71. The largest absolute Gasteiger partial charge is 0.508 e. The van der Waals surface area contributed by atoms with Crippen LogP contribution in [0.15, 0.2) is 42.5 Å². The number of hydrogen-bond acceptors (Lipinski definition) is 3. The molecular formula is C15H14FNO3. The van der Waals surface area contributed by atoms with E-state index >= 15 is 0 Å². The average molecular weight is 275 g/mol. The molecule has 0 aliphatic heterocycles. The van der Waals surface area contributed by atoms with Crippen LogP contribution < -0.4 is 10.1 Å². The molecule has 0 aromatic heterocycles. The fourth-order valence-electron chi connectivity index (χ4n) is 1.71. The van der Waals surface area contributed by atoms with E-state index in [9.17, 15) is 9.18 Å². The summed E-state index contributed by atoms with van der Waals surface area (Å²) < 4.78 is 18.5. The van der Waals surface area contributed by atoms with E-state index in [4.69, 9.17) is 9.84 Å². The molecule has 2 aromatic carbocycles. The molecule has 0 saturated heterocycles. The highest BCUT2D eigenvalue weighted by Gasteiger charge is 2.11. The Morgan fingerprint density at radius 1 is 1.25 bits per heavy atom. The number of aromatic hydroxyl groups is 1. The number of nitrogens with one attached hydrogen (secondary N) is 1. The Balaban J connectivity index is 2.00. The number of methoxy groups -OCH3 is 1. The zero-order valence-corrected chi connectivity index (χ0v) is 10.9. The van der Waals surface area contributed by atoms with Crippen molar-refractivity contribution in [1.29, 1.82) is 0 Å². The molecule has 2 N–H and O–H groups in total. The van der Waals surface area contributed by atoms with Crippen LogP contribution in [0.25, 0.3) is 0 Å². The predicted molar refractivity (Wildman–Crippen MR) is 72.2 cm³/mol. The number of halogens is 1. The van der Waals surface area contributed by atoms with Crippen molar-refractivity contribution in [2.45, 2.75) is 6.54 Å². The first-order valence-electron chi connectivity index (χ1n) is 6.00. The van der Waals surface area contributed by atoms with Crippen molar-refractivity contribution in [2.75, 3.05) is 7.11 Å². The average Bonchev–Trinajstić information content (AvgIpc) is 2.45. The summed E-state index contributed by atoms with van der Waals surface area (Å²) in [7, 11) is 1.57. The summed E-state index contributed by atoms with van der Waals surface area (Å²) in [6.45, 7) is 0.281. The zero-order valence-electron chi connectivity index (χ0n) is 10.9.